The highest BCUT2D eigenvalue weighted by Crippen LogP contribution is 2.24. The molecule has 0 aliphatic carbocycles. The summed E-state index contributed by atoms with van der Waals surface area (Å²) in [7, 11) is 1.58. The Bertz CT molecular complexity index is 786. The summed E-state index contributed by atoms with van der Waals surface area (Å²) in [6, 6.07) is 4.07. The lowest BCUT2D eigenvalue weighted by Gasteiger charge is -2.31. The van der Waals surface area contributed by atoms with Crippen LogP contribution in [0.1, 0.15) is 77.1 Å². The third-order valence-electron chi connectivity index (χ3n) is 5.04. The lowest BCUT2D eigenvalue weighted by atomic mass is 9.98. The molecule has 0 saturated heterocycles. The average Bonchev–Trinajstić information content (AvgIpc) is 2.62. The molecule has 0 aromatic heterocycles. The van der Waals surface area contributed by atoms with Crippen LogP contribution in [0, 0.1) is 13.8 Å². The Morgan fingerprint density at radius 2 is 1.68 bits per heavy atom. The molecule has 7 nitrogen and oxygen atoms in total. The molecule has 31 heavy (non-hydrogen) atoms. The van der Waals surface area contributed by atoms with Crippen molar-refractivity contribution in [1.82, 2.24) is 15.5 Å². The van der Waals surface area contributed by atoms with E-state index in [4.69, 9.17) is 4.74 Å². The summed E-state index contributed by atoms with van der Waals surface area (Å²) < 4.78 is 5.24. The highest BCUT2D eigenvalue weighted by atomic mass is 16.6. The molecule has 3 unspecified atom stereocenters. The zero-order valence-electron chi connectivity index (χ0n) is 20.5. The molecule has 0 heterocycles. The van der Waals surface area contributed by atoms with Gasteiger partial charge in [0.2, 0.25) is 11.8 Å². The van der Waals surface area contributed by atoms with Crippen LogP contribution in [-0.2, 0) is 14.3 Å². The molecule has 0 bridgehead atoms. The molecule has 3 atom stereocenters. The molecule has 0 aliphatic heterocycles. The molecule has 1 aromatic rings. The Hall–Kier alpha value is -2.57. The first-order valence-corrected chi connectivity index (χ1v) is 10.9. The quantitative estimate of drug-likeness (QED) is 0.648. The van der Waals surface area contributed by atoms with Crippen LogP contribution >= 0.6 is 0 Å². The lowest BCUT2D eigenvalue weighted by Crippen LogP contribution is -2.51. The number of hydrogen-bond donors (Lipinski definition) is 2. The van der Waals surface area contributed by atoms with E-state index in [1.54, 1.807) is 34.7 Å². The number of nitrogens with one attached hydrogen (secondary N) is 2. The van der Waals surface area contributed by atoms with Gasteiger partial charge in [0.15, 0.2) is 0 Å². The van der Waals surface area contributed by atoms with Gasteiger partial charge in [-0.25, -0.2) is 4.79 Å². The van der Waals surface area contributed by atoms with Gasteiger partial charge in [-0.3, -0.25) is 9.59 Å². The van der Waals surface area contributed by atoms with Crippen molar-refractivity contribution < 1.29 is 19.1 Å². The number of hydrogen-bond acceptors (Lipinski definition) is 4. The Balaban J connectivity index is 3.12. The van der Waals surface area contributed by atoms with E-state index >= 15 is 0 Å². The van der Waals surface area contributed by atoms with E-state index in [0.29, 0.717) is 0 Å². The van der Waals surface area contributed by atoms with Crippen LogP contribution in [0.3, 0.4) is 0 Å². The molecule has 0 saturated carbocycles. The Labute approximate surface area is 186 Å². The van der Waals surface area contributed by atoms with Gasteiger partial charge in [0.05, 0.1) is 0 Å². The van der Waals surface area contributed by atoms with E-state index in [2.05, 4.69) is 17.6 Å². The number of amides is 3. The van der Waals surface area contributed by atoms with Crippen LogP contribution in [-0.4, -0.2) is 47.5 Å². The summed E-state index contributed by atoms with van der Waals surface area (Å²) in [5, 5.41) is 5.58. The Morgan fingerprint density at radius 3 is 2.19 bits per heavy atom. The molecule has 3 amide bonds. The van der Waals surface area contributed by atoms with Crippen LogP contribution in [0.5, 0.6) is 0 Å². The minimum absolute atomic E-state index is 0.00707. The average molecular weight is 434 g/mol. The number of rotatable bonds is 8. The number of ether oxygens (including phenoxy) is 1. The number of aryl methyl sites for hydroxylation is 2. The van der Waals surface area contributed by atoms with Crippen LogP contribution < -0.4 is 10.6 Å². The predicted molar refractivity (Wildman–Crippen MR) is 123 cm³/mol. The fourth-order valence-electron chi connectivity index (χ4n) is 3.29. The summed E-state index contributed by atoms with van der Waals surface area (Å²) in [6.07, 6.45) is 1.12. The minimum Gasteiger partial charge on any atom is -0.444 e. The van der Waals surface area contributed by atoms with Crippen molar-refractivity contribution in [2.75, 3.05) is 7.05 Å². The van der Waals surface area contributed by atoms with Crippen molar-refractivity contribution in [1.29, 1.82) is 0 Å². The molecule has 0 aliphatic rings. The molecule has 1 aromatic carbocycles. The van der Waals surface area contributed by atoms with E-state index < -0.39 is 23.8 Å². The SMILES string of the molecule is CCCC(C)NC(=O)C(c1ccc(C)c(C)c1)N(C)C(=O)C(C)NC(=O)OC(C)(C)C. The highest BCUT2D eigenvalue weighted by molar-refractivity contribution is 5.91. The topological polar surface area (TPSA) is 87.7 Å². The van der Waals surface area contributed by atoms with Crippen molar-refractivity contribution in [2.24, 2.45) is 0 Å². The summed E-state index contributed by atoms with van der Waals surface area (Å²) in [4.78, 5) is 39.8. The molecule has 2 N–H and O–H groups in total. The van der Waals surface area contributed by atoms with E-state index in [1.807, 2.05) is 39.0 Å². The molecule has 0 radical (unpaired) electrons. The van der Waals surface area contributed by atoms with Crippen molar-refractivity contribution in [3.05, 3.63) is 34.9 Å². The minimum atomic E-state index is -0.852. The van der Waals surface area contributed by atoms with Gasteiger partial charge >= 0.3 is 6.09 Å². The van der Waals surface area contributed by atoms with Crippen molar-refractivity contribution in [3.63, 3.8) is 0 Å². The first kappa shape index (κ1) is 26.5. The van der Waals surface area contributed by atoms with Gasteiger partial charge in [-0.2, -0.15) is 0 Å². The maximum atomic E-state index is 13.2. The first-order valence-electron chi connectivity index (χ1n) is 10.9. The summed E-state index contributed by atoms with van der Waals surface area (Å²) in [5.41, 5.74) is 2.20. The number of benzene rings is 1. The fourth-order valence-corrected chi connectivity index (χ4v) is 3.29. The predicted octanol–water partition coefficient (Wildman–Crippen LogP) is 4.02. The summed E-state index contributed by atoms with van der Waals surface area (Å²) in [6.45, 7) is 14.8. The lowest BCUT2D eigenvalue weighted by molar-refractivity contribution is -0.140. The molecular formula is C24H39N3O4. The van der Waals surface area contributed by atoms with Crippen LogP contribution in [0.2, 0.25) is 0 Å². The molecular weight excluding hydrogens is 394 g/mol. The van der Waals surface area contributed by atoms with Gasteiger partial charge in [0, 0.05) is 13.1 Å². The van der Waals surface area contributed by atoms with E-state index in [1.165, 1.54) is 4.90 Å². The van der Waals surface area contributed by atoms with E-state index in [9.17, 15) is 14.4 Å². The summed E-state index contributed by atoms with van der Waals surface area (Å²) >= 11 is 0. The number of carbonyl (C=O) groups excluding carboxylic acids is 3. The van der Waals surface area contributed by atoms with Gasteiger partial charge in [-0.05, 0) is 71.6 Å². The summed E-state index contributed by atoms with van der Waals surface area (Å²) in [5.74, 6) is -0.628. The maximum absolute atomic E-state index is 13.2. The van der Waals surface area contributed by atoms with E-state index in [-0.39, 0.29) is 17.9 Å². The normalized spacial score (nSPS) is 14.2. The molecule has 0 spiro atoms. The Kier molecular flexibility index (Phi) is 9.53. The van der Waals surface area contributed by atoms with Gasteiger partial charge < -0.3 is 20.3 Å². The van der Waals surface area contributed by atoms with Gasteiger partial charge in [-0.1, -0.05) is 31.5 Å². The van der Waals surface area contributed by atoms with Crippen LogP contribution in [0.25, 0.3) is 0 Å². The molecule has 7 heteroatoms. The molecule has 1 rings (SSSR count). The van der Waals surface area contributed by atoms with Crippen molar-refractivity contribution >= 4 is 17.9 Å². The number of likely N-dealkylation sites (N-methyl/N-ethyl adjacent to an activating group) is 1. The third-order valence-corrected chi connectivity index (χ3v) is 5.04. The first-order chi connectivity index (χ1) is 14.3. The molecule has 0 fully saturated rings. The zero-order chi connectivity index (χ0) is 23.9. The van der Waals surface area contributed by atoms with Gasteiger partial charge in [0.25, 0.3) is 0 Å². The number of alkyl carbamates (subject to hydrolysis) is 1. The van der Waals surface area contributed by atoms with Crippen LogP contribution in [0.4, 0.5) is 4.79 Å². The van der Waals surface area contributed by atoms with E-state index in [0.717, 1.165) is 29.5 Å². The second kappa shape index (κ2) is 11.2. The monoisotopic (exact) mass is 433 g/mol. The fraction of sp³-hybridized carbons (Fsp3) is 0.625. The van der Waals surface area contributed by atoms with Gasteiger partial charge in [0.1, 0.15) is 17.7 Å². The number of carbonyl (C=O) groups is 3. The van der Waals surface area contributed by atoms with Crippen molar-refractivity contribution in [3.8, 4) is 0 Å². The van der Waals surface area contributed by atoms with Gasteiger partial charge in [-0.15, -0.1) is 0 Å². The highest BCUT2D eigenvalue weighted by Gasteiger charge is 2.32. The standard InChI is InChI=1S/C24H39N3O4/c1-10-11-17(4)25-21(28)20(19-13-12-15(2)16(3)14-19)27(9)22(29)18(5)26-23(30)31-24(6,7)8/h12-14,17-18,20H,10-11H2,1-9H3,(H,25,28)(H,26,30). The zero-order valence-corrected chi connectivity index (χ0v) is 20.5. The third kappa shape index (κ3) is 8.23. The maximum Gasteiger partial charge on any atom is 0.408 e. The second-order valence-electron chi connectivity index (χ2n) is 9.26. The largest absolute Gasteiger partial charge is 0.444 e. The van der Waals surface area contributed by atoms with Crippen LogP contribution in [0.15, 0.2) is 18.2 Å². The second-order valence-corrected chi connectivity index (χ2v) is 9.26. The van der Waals surface area contributed by atoms with Crippen molar-refractivity contribution in [2.45, 2.75) is 92.0 Å². The number of nitrogens with zero attached hydrogens (tertiary/aromatic N) is 1. The smallest absolute Gasteiger partial charge is 0.408 e. The molecule has 174 valence electrons. The Morgan fingerprint density at radius 1 is 1.06 bits per heavy atom.